The molecule has 0 aliphatic carbocycles. The summed E-state index contributed by atoms with van der Waals surface area (Å²) in [7, 11) is 0. The average molecular weight is 513 g/mol. The number of nitrogens with one attached hydrogen (secondary N) is 1. The third-order valence-corrected chi connectivity index (χ3v) is 6.51. The van der Waals surface area contributed by atoms with Crippen molar-refractivity contribution in [3.63, 3.8) is 0 Å². The van der Waals surface area contributed by atoms with Gasteiger partial charge in [0.25, 0.3) is 0 Å². The van der Waals surface area contributed by atoms with Crippen molar-refractivity contribution in [1.29, 1.82) is 0 Å². The van der Waals surface area contributed by atoms with Crippen LogP contribution < -0.4 is 10.1 Å². The second-order valence-electron chi connectivity index (χ2n) is 7.44. The van der Waals surface area contributed by atoms with E-state index >= 15 is 0 Å². The third-order valence-electron chi connectivity index (χ3n) is 5.01. The van der Waals surface area contributed by atoms with Crippen LogP contribution in [0.3, 0.4) is 0 Å². The van der Waals surface area contributed by atoms with Crippen LogP contribution in [0, 0.1) is 0 Å². The van der Waals surface area contributed by atoms with Gasteiger partial charge in [-0.2, -0.15) is 0 Å². The molecule has 6 nitrogen and oxygen atoms in total. The number of ether oxygens (including phenoxy) is 1. The minimum Gasteiger partial charge on any atom is -0.481 e. The molecule has 1 amide bonds. The number of benzene rings is 3. The van der Waals surface area contributed by atoms with Crippen LogP contribution in [-0.2, 0) is 11.3 Å². The molecule has 174 valence electrons. The standard InChI is InChI=1S/C25H22Cl2N4O2S/c1-3-13-31-24(16(2)33-22-12-11-18(26)14-20(22)27)29-30-25(31)34-15-23(32)28-21-10-6-8-17-7-4-5-9-19(17)21/h3-12,14,16H,1,13,15H2,2H3,(H,28,32). The maximum atomic E-state index is 12.7. The van der Waals surface area contributed by atoms with E-state index in [-0.39, 0.29) is 11.7 Å². The summed E-state index contributed by atoms with van der Waals surface area (Å²) in [5, 5.41) is 15.2. The Labute approximate surface area is 211 Å². The molecule has 1 aromatic heterocycles. The SMILES string of the molecule is C=CCn1c(SCC(=O)Nc2cccc3ccccc23)nnc1C(C)Oc1ccc(Cl)cc1Cl. The molecule has 0 radical (unpaired) electrons. The van der Waals surface area contributed by atoms with Crippen molar-refractivity contribution >= 4 is 57.3 Å². The zero-order chi connectivity index (χ0) is 24.1. The molecule has 1 unspecified atom stereocenters. The van der Waals surface area contributed by atoms with Crippen LogP contribution in [0.15, 0.2) is 78.5 Å². The topological polar surface area (TPSA) is 69.0 Å². The number of anilines is 1. The van der Waals surface area contributed by atoms with Gasteiger partial charge in [0.2, 0.25) is 5.91 Å². The highest BCUT2D eigenvalue weighted by Crippen LogP contribution is 2.32. The highest BCUT2D eigenvalue weighted by atomic mass is 35.5. The van der Waals surface area contributed by atoms with Gasteiger partial charge in [0.15, 0.2) is 17.1 Å². The normalized spacial score (nSPS) is 11.9. The number of hydrogen-bond donors (Lipinski definition) is 1. The van der Waals surface area contributed by atoms with Crippen molar-refractivity contribution in [3.05, 3.63) is 89.2 Å². The molecule has 9 heteroatoms. The Balaban J connectivity index is 1.45. The van der Waals surface area contributed by atoms with Gasteiger partial charge in [-0.05, 0) is 36.6 Å². The van der Waals surface area contributed by atoms with E-state index < -0.39 is 6.10 Å². The molecule has 1 atom stereocenters. The lowest BCUT2D eigenvalue weighted by Gasteiger charge is -2.16. The van der Waals surface area contributed by atoms with Gasteiger partial charge in [0, 0.05) is 22.6 Å². The largest absolute Gasteiger partial charge is 0.481 e. The third kappa shape index (κ3) is 5.55. The first-order chi connectivity index (χ1) is 16.5. The Kier molecular flexibility index (Phi) is 7.77. The van der Waals surface area contributed by atoms with Crippen molar-refractivity contribution in [2.45, 2.75) is 24.7 Å². The van der Waals surface area contributed by atoms with Crippen LogP contribution in [-0.4, -0.2) is 26.4 Å². The number of carbonyl (C=O) groups excluding carboxylic acids is 1. The lowest BCUT2D eigenvalue weighted by atomic mass is 10.1. The maximum Gasteiger partial charge on any atom is 0.234 e. The number of thioether (sulfide) groups is 1. The number of aromatic nitrogens is 3. The molecule has 0 aliphatic rings. The summed E-state index contributed by atoms with van der Waals surface area (Å²) in [4.78, 5) is 12.7. The molecule has 0 bridgehead atoms. The molecule has 4 aromatic rings. The summed E-state index contributed by atoms with van der Waals surface area (Å²) in [5.41, 5.74) is 0.777. The van der Waals surface area contributed by atoms with E-state index in [1.165, 1.54) is 11.8 Å². The summed E-state index contributed by atoms with van der Waals surface area (Å²) in [6, 6.07) is 18.8. The molecule has 4 rings (SSSR count). The monoisotopic (exact) mass is 512 g/mol. The fourth-order valence-corrected chi connectivity index (χ4v) is 4.68. The number of nitrogens with zero attached hydrogens (tertiary/aromatic N) is 3. The summed E-state index contributed by atoms with van der Waals surface area (Å²) in [6.07, 6.45) is 1.31. The Bertz CT molecular complexity index is 1340. The van der Waals surface area contributed by atoms with E-state index in [9.17, 15) is 4.79 Å². The zero-order valence-corrected chi connectivity index (χ0v) is 20.7. The van der Waals surface area contributed by atoms with E-state index in [0.717, 1.165) is 16.5 Å². The summed E-state index contributed by atoms with van der Waals surface area (Å²) in [6.45, 7) is 6.15. The number of carbonyl (C=O) groups is 1. The van der Waals surface area contributed by atoms with Crippen LogP contribution in [0.1, 0.15) is 18.9 Å². The molecule has 0 fully saturated rings. The Hall–Kier alpha value is -3.00. The molecule has 0 aliphatic heterocycles. The van der Waals surface area contributed by atoms with Crippen molar-refractivity contribution < 1.29 is 9.53 Å². The maximum absolute atomic E-state index is 12.7. The van der Waals surface area contributed by atoms with Crippen molar-refractivity contribution in [3.8, 4) is 5.75 Å². The van der Waals surface area contributed by atoms with E-state index in [4.69, 9.17) is 27.9 Å². The van der Waals surface area contributed by atoms with Gasteiger partial charge >= 0.3 is 0 Å². The first-order valence-electron chi connectivity index (χ1n) is 10.5. The molecular formula is C25H22Cl2N4O2S. The highest BCUT2D eigenvalue weighted by molar-refractivity contribution is 7.99. The van der Waals surface area contributed by atoms with Crippen molar-refractivity contribution in [2.24, 2.45) is 0 Å². The molecule has 34 heavy (non-hydrogen) atoms. The second kappa shape index (κ2) is 11.0. The van der Waals surface area contributed by atoms with Crippen LogP contribution in [0.5, 0.6) is 5.75 Å². The number of rotatable bonds is 9. The van der Waals surface area contributed by atoms with E-state index in [2.05, 4.69) is 22.1 Å². The lowest BCUT2D eigenvalue weighted by Crippen LogP contribution is -2.15. The van der Waals surface area contributed by atoms with E-state index in [1.807, 2.05) is 54.0 Å². The summed E-state index contributed by atoms with van der Waals surface area (Å²) >= 11 is 13.5. The van der Waals surface area contributed by atoms with Gasteiger partial charge in [0.05, 0.1) is 10.8 Å². The van der Waals surface area contributed by atoms with Crippen molar-refractivity contribution in [1.82, 2.24) is 14.8 Å². The van der Waals surface area contributed by atoms with E-state index in [0.29, 0.717) is 33.3 Å². The van der Waals surface area contributed by atoms with Crippen molar-refractivity contribution in [2.75, 3.05) is 11.1 Å². The minimum absolute atomic E-state index is 0.131. The van der Waals surface area contributed by atoms with Crippen LogP contribution in [0.4, 0.5) is 5.69 Å². The molecule has 0 spiro atoms. The molecule has 0 saturated heterocycles. The molecule has 3 aromatic carbocycles. The van der Waals surface area contributed by atoms with Gasteiger partial charge in [0.1, 0.15) is 5.75 Å². The molecule has 1 N–H and O–H groups in total. The Morgan fingerprint density at radius 3 is 2.76 bits per heavy atom. The lowest BCUT2D eigenvalue weighted by molar-refractivity contribution is -0.113. The number of amides is 1. The first-order valence-corrected chi connectivity index (χ1v) is 12.3. The fraction of sp³-hybridized carbons (Fsp3) is 0.160. The molecule has 0 saturated carbocycles. The number of fused-ring (bicyclic) bond motifs is 1. The smallest absolute Gasteiger partial charge is 0.234 e. The zero-order valence-electron chi connectivity index (χ0n) is 18.4. The van der Waals surface area contributed by atoms with Gasteiger partial charge < -0.3 is 10.1 Å². The number of allylic oxidation sites excluding steroid dienone is 1. The molecule has 1 heterocycles. The predicted molar refractivity (Wildman–Crippen MR) is 139 cm³/mol. The van der Waals surface area contributed by atoms with E-state index in [1.54, 1.807) is 24.3 Å². The van der Waals surface area contributed by atoms with Gasteiger partial charge in [-0.25, -0.2) is 0 Å². The van der Waals surface area contributed by atoms with Crippen LogP contribution in [0.25, 0.3) is 10.8 Å². The average Bonchev–Trinajstić information content (AvgIpc) is 3.23. The number of hydrogen-bond acceptors (Lipinski definition) is 5. The molecular weight excluding hydrogens is 491 g/mol. The van der Waals surface area contributed by atoms with Gasteiger partial charge in [-0.1, -0.05) is 77.4 Å². The summed E-state index contributed by atoms with van der Waals surface area (Å²) < 4.78 is 7.87. The van der Waals surface area contributed by atoms with Gasteiger partial charge in [-0.15, -0.1) is 16.8 Å². The van der Waals surface area contributed by atoms with Crippen LogP contribution in [0.2, 0.25) is 10.0 Å². The van der Waals surface area contributed by atoms with Crippen LogP contribution >= 0.6 is 35.0 Å². The highest BCUT2D eigenvalue weighted by Gasteiger charge is 2.21. The predicted octanol–water partition coefficient (Wildman–Crippen LogP) is 6.79. The number of halogens is 2. The Morgan fingerprint density at radius 1 is 1.18 bits per heavy atom. The van der Waals surface area contributed by atoms with Gasteiger partial charge in [-0.3, -0.25) is 9.36 Å². The Morgan fingerprint density at radius 2 is 1.97 bits per heavy atom. The summed E-state index contributed by atoms with van der Waals surface area (Å²) in [5.74, 6) is 1.14. The minimum atomic E-state index is -0.440. The quantitative estimate of drug-likeness (QED) is 0.197. The fourth-order valence-electron chi connectivity index (χ4n) is 3.47. The first kappa shape index (κ1) is 24.1. The second-order valence-corrected chi connectivity index (χ2v) is 9.22.